The standard InChI is InChI=1S/2C14H10N2O2.Zn/c2*17-12-9-5-4-8-11(12)14-16-15-13(18-14)10-6-2-1-3-7-10;/h2*1-9,17H;. The predicted octanol–water partition coefficient (Wildman–Crippen LogP) is 6.22. The molecular weight excluding hydrogens is 522 g/mol. The van der Waals surface area contributed by atoms with Gasteiger partial charge in [-0.1, -0.05) is 60.7 Å². The molecule has 0 fully saturated rings. The molecule has 6 aromatic rings. The van der Waals surface area contributed by atoms with Crippen LogP contribution in [0.15, 0.2) is 118 Å². The van der Waals surface area contributed by atoms with E-state index in [1.807, 2.05) is 60.7 Å². The molecule has 0 bridgehead atoms. The first-order valence-electron chi connectivity index (χ1n) is 11.0. The Morgan fingerprint density at radius 2 is 0.730 bits per heavy atom. The van der Waals surface area contributed by atoms with Crippen LogP contribution in [0, 0.1) is 0 Å². The van der Waals surface area contributed by atoms with Crippen molar-refractivity contribution in [1.29, 1.82) is 0 Å². The van der Waals surface area contributed by atoms with E-state index in [0.29, 0.717) is 34.7 Å². The minimum absolute atomic E-state index is 0. The third kappa shape index (κ3) is 5.97. The first-order chi connectivity index (χ1) is 17.7. The van der Waals surface area contributed by atoms with Crippen LogP contribution in [0.3, 0.4) is 0 Å². The van der Waals surface area contributed by atoms with Crippen LogP contribution in [0.1, 0.15) is 0 Å². The van der Waals surface area contributed by atoms with Gasteiger partial charge in [-0.25, -0.2) is 0 Å². The number of phenolic OH excluding ortho intramolecular Hbond substituents is 2. The van der Waals surface area contributed by atoms with Crippen LogP contribution in [0.5, 0.6) is 11.5 Å². The van der Waals surface area contributed by atoms with Crippen molar-refractivity contribution in [3.05, 3.63) is 109 Å². The summed E-state index contributed by atoms with van der Waals surface area (Å²) in [6, 6.07) is 32.8. The molecule has 0 aliphatic heterocycles. The van der Waals surface area contributed by atoms with Gasteiger partial charge in [-0.3, -0.25) is 0 Å². The molecule has 2 heterocycles. The van der Waals surface area contributed by atoms with Gasteiger partial charge in [0.25, 0.3) is 11.8 Å². The van der Waals surface area contributed by atoms with Crippen LogP contribution >= 0.6 is 0 Å². The molecule has 4 aromatic carbocycles. The van der Waals surface area contributed by atoms with E-state index in [9.17, 15) is 10.2 Å². The zero-order valence-corrected chi connectivity index (χ0v) is 22.6. The molecule has 0 radical (unpaired) electrons. The molecule has 0 spiro atoms. The topological polar surface area (TPSA) is 118 Å². The third-order valence-corrected chi connectivity index (χ3v) is 5.16. The molecule has 0 atom stereocenters. The van der Waals surface area contributed by atoms with Crippen LogP contribution in [0.25, 0.3) is 45.8 Å². The van der Waals surface area contributed by atoms with E-state index in [2.05, 4.69) is 20.4 Å². The maximum absolute atomic E-state index is 9.72. The molecule has 0 saturated heterocycles. The molecule has 6 rings (SSSR count). The minimum atomic E-state index is 0. The van der Waals surface area contributed by atoms with Crippen molar-refractivity contribution < 1.29 is 38.5 Å². The second kappa shape index (κ2) is 11.9. The van der Waals surface area contributed by atoms with Crippen LogP contribution in [-0.4, -0.2) is 30.6 Å². The summed E-state index contributed by atoms with van der Waals surface area (Å²) in [5.41, 5.74) is 2.78. The molecule has 2 N–H and O–H groups in total. The predicted molar refractivity (Wildman–Crippen MR) is 134 cm³/mol. The second-order valence-electron chi connectivity index (χ2n) is 7.59. The molecule has 0 aliphatic carbocycles. The average Bonchev–Trinajstić information content (AvgIpc) is 3.62. The Hall–Kier alpha value is -4.62. The number of para-hydroxylation sites is 2. The molecule has 0 saturated carbocycles. The second-order valence-corrected chi connectivity index (χ2v) is 7.59. The number of hydrogen-bond donors (Lipinski definition) is 2. The quantitative estimate of drug-likeness (QED) is 0.253. The molecule has 0 aliphatic rings. The summed E-state index contributed by atoms with van der Waals surface area (Å²) in [5.74, 6) is 1.75. The van der Waals surface area contributed by atoms with Crippen molar-refractivity contribution in [2.75, 3.05) is 0 Å². The SMILES string of the molecule is Oc1ccccc1-c1nnc(-c2ccccc2)o1.Oc1ccccc1-c1nnc(-c2ccccc2)o1.[Zn]. The Morgan fingerprint density at radius 1 is 0.405 bits per heavy atom. The van der Waals surface area contributed by atoms with E-state index in [1.165, 1.54) is 0 Å². The van der Waals surface area contributed by atoms with E-state index in [-0.39, 0.29) is 31.0 Å². The molecule has 37 heavy (non-hydrogen) atoms. The number of aromatic hydroxyl groups is 2. The first kappa shape index (κ1) is 25.5. The number of hydrogen-bond acceptors (Lipinski definition) is 8. The van der Waals surface area contributed by atoms with Gasteiger partial charge in [0.15, 0.2) is 0 Å². The molecule has 0 amide bonds. The van der Waals surface area contributed by atoms with Crippen molar-refractivity contribution >= 4 is 0 Å². The molecule has 2 aromatic heterocycles. The number of phenols is 2. The van der Waals surface area contributed by atoms with E-state index in [0.717, 1.165) is 11.1 Å². The summed E-state index contributed by atoms with van der Waals surface area (Å²) in [6.07, 6.45) is 0. The van der Waals surface area contributed by atoms with Crippen LogP contribution < -0.4 is 0 Å². The Balaban J connectivity index is 0.000000168. The molecule has 8 nitrogen and oxygen atoms in total. The summed E-state index contributed by atoms with van der Waals surface area (Å²) >= 11 is 0. The van der Waals surface area contributed by atoms with Crippen molar-refractivity contribution in [3.8, 4) is 57.3 Å². The van der Waals surface area contributed by atoms with Gasteiger partial charge in [-0.15, -0.1) is 20.4 Å². The fraction of sp³-hybridized carbons (Fsp3) is 0. The monoisotopic (exact) mass is 540 g/mol. The summed E-state index contributed by atoms with van der Waals surface area (Å²) < 4.78 is 11.1. The van der Waals surface area contributed by atoms with E-state index >= 15 is 0 Å². The van der Waals surface area contributed by atoms with Gasteiger partial charge in [-0.2, -0.15) is 0 Å². The fourth-order valence-corrected chi connectivity index (χ4v) is 3.37. The Morgan fingerprint density at radius 3 is 1.11 bits per heavy atom. The fourth-order valence-electron chi connectivity index (χ4n) is 3.37. The van der Waals surface area contributed by atoms with Gasteiger partial charge in [0.1, 0.15) is 11.5 Å². The Bertz CT molecular complexity index is 1450. The Kier molecular flexibility index (Phi) is 8.18. The van der Waals surface area contributed by atoms with Gasteiger partial charge in [0.05, 0.1) is 11.1 Å². The Labute approximate surface area is 225 Å². The zero-order chi connectivity index (χ0) is 24.7. The summed E-state index contributed by atoms with van der Waals surface area (Å²) in [7, 11) is 0. The van der Waals surface area contributed by atoms with Crippen LogP contribution in [0.2, 0.25) is 0 Å². The third-order valence-electron chi connectivity index (χ3n) is 5.16. The zero-order valence-electron chi connectivity index (χ0n) is 19.6. The van der Waals surface area contributed by atoms with Gasteiger partial charge in [-0.05, 0) is 48.5 Å². The number of rotatable bonds is 4. The molecule has 0 unspecified atom stereocenters. The van der Waals surface area contributed by atoms with E-state index in [4.69, 9.17) is 8.83 Å². The maximum atomic E-state index is 9.72. The smallest absolute Gasteiger partial charge is 0.251 e. The normalized spacial score (nSPS) is 10.2. The van der Waals surface area contributed by atoms with E-state index < -0.39 is 0 Å². The average molecular weight is 542 g/mol. The van der Waals surface area contributed by atoms with Crippen molar-refractivity contribution in [2.45, 2.75) is 0 Å². The minimum Gasteiger partial charge on any atom is -0.507 e. The van der Waals surface area contributed by atoms with Crippen molar-refractivity contribution in [1.82, 2.24) is 20.4 Å². The number of benzene rings is 4. The van der Waals surface area contributed by atoms with Gasteiger partial charge < -0.3 is 19.0 Å². The number of nitrogens with zero attached hydrogens (tertiary/aromatic N) is 4. The summed E-state index contributed by atoms with van der Waals surface area (Å²) in [5, 5.41) is 35.3. The molecule has 178 valence electrons. The van der Waals surface area contributed by atoms with Gasteiger partial charge in [0, 0.05) is 30.6 Å². The van der Waals surface area contributed by atoms with Crippen molar-refractivity contribution in [2.24, 2.45) is 0 Å². The largest absolute Gasteiger partial charge is 0.507 e. The first-order valence-corrected chi connectivity index (χ1v) is 11.0. The summed E-state index contributed by atoms with van der Waals surface area (Å²) in [6.45, 7) is 0. The summed E-state index contributed by atoms with van der Waals surface area (Å²) in [4.78, 5) is 0. The molecular formula is C28H20N4O4Zn. The maximum Gasteiger partial charge on any atom is 0.251 e. The van der Waals surface area contributed by atoms with Crippen LogP contribution in [0.4, 0.5) is 0 Å². The van der Waals surface area contributed by atoms with Crippen LogP contribution in [-0.2, 0) is 19.5 Å². The van der Waals surface area contributed by atoms with Crippen molar-refractivity contribution in [3.63, 3.8) is 0 Å². The van der Waals surface area contributed by atoms with Gasteiger partial charge in [0.2, 0.25) is 11.8 Å². The van der Waals surface area contributed by atoms with E-state index in [1.54, 1.807) is 48.5 Å². The number of aromatic nitrogens is 4. The molecule has 9 heteroatoms. The van der Waals surface area contributed by atoms with Gasteiger partial charge >= 0.3 is 0 Å².